The molecule has 2 atom stereocenters. The van der Waals surface area contributed by atoms with E-state index in [0.717, 1.165) is 91.1 Å². The van der Waals surface area contributed by atoms with Gasteiger partial charge in [0.25, 0.3) is 0 Å². The van der Waals surface area contributed by atoms with Gasteiger partial charge < -0.3 is 39.7 Å². The van der Waals surface area contributed by atoms with E-state index in [9.17, 15) is 0 Å². The smallest absolute Gasteiger partial charge is 0.480 e. The number of hydrogen-bond acceptors (Lipinski definition) is 18. The lowest BCUT2D eigenvalue weighted by Crippen LogP contribution is -2.46. The summed E-state index contributed by atoms with van der Waals surface area (Å²) in [5.74, 6) is 1.79. The fraction of sp³-hybridized carbons (Fsp3) is 0.560. The zero-order valence-corrected chi connectivity index (χ0v) is 43.5. The molecule has 2 aromatic heterocycles. The minimum absolute atomic E-state index is 0.0411. The lowest BCUT2D eigenvalue weighted by Gasteiger charge is -2.45. The Balaban J connectivity index is 0.000000136. The Morgan fingerprint density at radius 3 is 1.59 bits per heavy atom. The third-order valence-electron chi connectivity index (χ3n) is 16.0. The molecule has 2 saturated carbocycles. The summed E-state index contributed by atoms with van der Waals surface area (Å²) in [4.78, 5) is 39.7. The number of guanidine groups is 2. The van der Waals surface area contributed by atoms with Crippen molar-refractivity contribution in [3.05, 3.63) is 87.9 Å². The molecule has 4 aliphatic carbocycles. The molecule has 4 N–H and O–H groups in total. The van der Waals surface area contributed by atoms with E-state index in [4.69, 9.17) is 59.4 Å². The third-order valence-corrected chi connectivity index (χ3v) is 16.5. The van der Waals surface area contributed by atoms with Gasteiger partial charge in [0.2, 0.25) is 35.1 Å². The number of fused-ring (bicyclic) bond motifs is 6. The number of halogens is 1. The molecule has 7 aliphatic rings. The molecule has 4 aromatic rings. The van der Waals surface area contributed by atoms with Crippen molar-refractivity contribution in [2.75, 3.05) is 42.5 Å². The summed E-state index contributed by atoms with van der Waals surface area (Å²) in [6.07, 6.45) is 17.1. The highest BCUT2D eigenvalue weighted by Crippen LogP contribution is 2.63. The number of nitrogens with two attached hydrogens (primary N) is 2. The Hall–Kier alpha value is -4.96. The number of aromatic nitrogens is 4. The quantitative estimate of drug-likeness (QED) is 0.202. The second-order valence-corrected chi connectivity index (χ2v) is 21.3. The van der Waals surface area contributed by atoms with Crippen LogP contribution in [0.15, 0.2) is 75.6 Å². The van der Waals surface area contributed by atoms with Gasteiger partial charge in [0.05, 0.1) is 67.5 Å². The standard InChI is InChI=1S/C22H27N5O3.C17H22BrN3O2.C11H17BN2O3/c1-27-20(23)26-22(30-27)17-10-14(18-12-24-13-19(25-18)29-3)4-5-15(17)11-21(22)8-6-16(28-2)7-9-21;1-21-15(19)20-17(23-21)14-9-12(18)4-3-11(14)10-16(17)7-5-13(22-2)6-8-16;1-10(2)11(3,4)17-12(16-10)8-6-13-7-9(14-8)15-5/h4-5,10,12-13,16H,6-9,11H2,1-3H3,(H2,23,26);3-4,9,13H,5-8,10H2,1-2H3,(H2,19,20);6-7H,1-5H3. The van der Waals surface area contributed by atoms with Crippen LogP contribution >= 0.6 is 15.9 Å². The predicted molar refractivity (Wildman–Crippen MR) is 268 cm³/mol. The van der Waals surface area contributed by atoms with E-state index in [1.165, 1.54) is 11.1 Å². The Kier molecular flexibility index (Phi) is 13.5. The molecule has 0 amide bonds. The molecular weight excluding hydrogens is 959 g/mol. The summed E-state index contributed by atoms with van der Waals surface area (Å²) in [5.41, 5.74) is 17.0. The van der Waals surface area contributed by atoms with E-state index >= 15 is 0 Å². The van der Waals surface area contributed by atoms with Gasteiger partial charge in [0.15, 0.2) is 0 Å². The number of ether oxygens (including phenoxy) is 4. The van der Waals surface area contributed by atoms with Crippen LogP contribution < -0.4 is 26.5 Å². The zero-order chi connectivity index (χ0) is 49.9. The molecule has 5 heterocycles. The molecule has 374 valence electrons. The lowest BCUT2D eigenvalue weighted by molar-refractivity contribution is -0.232. The highest BCUT2D eigenvalue weighted by atomic mass is 79.9. The van der Waals surface area contributed by atoms with E-state index < -0.39 is 18.6 Å². The summed E-state index contributed by atoms with van der Waals surface area (Å²) >= 11 is 3.59. The molecule has 2 unspecified atom stereocenters. The second-order valence-electron chi connectivity index (χ2n) is 20.4. The van der Waals surface area contributed by atoms with Gasteiger partial charge in [0.1, 0.15) is 0 Å². The SMILES string of the molecule is COC1CCC2(CC1)Cc1ccc(Br)cc1C21N=C(N)N(C)O1.COc1cncc(-c2ccc3c(c2)C2(N=C(N)N(C)O2)C2(CCC(OC)CC2)C3)n1.COc1cncc(B2OC(C)(C)C(C)(C)O2)n1. The van der Waals surface area contributed by atoms with Gasteiger partial charge in [-0.05, 0) is 121 Å². The Labute approximate surface area is 419 Å². The number of benzene rings is 2. The maximum atomic E-state index is 6.45. The molecule has 2 aromatic carbocycles. The first-order valence-electron chi connectivity index (χ1n) is 24.0. The van der Waals surface area contributed by atoms with E-state index in [1.54, 1.807) is 63.4 Å². The first-order chi connectivity index (χ1) is 33.3. The van der Waals surface area contributed by atoms with Crippen molar-refractivity contribution in [1.29, 1.82) is 0 Å². The molecule has 18 nitrogen and oxygen atoms in total. The fourth-order valence-corrected chi connectivity index (χ4v) is 11.7. The van der Waals surface area contributed by atoms with Gasteiger partial charge in [0, 0.05) is 66.5 Å². The molecule has 0 bridgehead atoms. The van der Waals surface area contributed by atoms with Gasteiger partial charge >= 0.3 is 7.12 Å². The van der Waals surface area contributed by atoms with Gasteiger partial charge in [-0.3, -0.25) is 9.97 Å². The fourth-order valence-electron chi connectivity index (χ4n) is 11.3. The Bertz CT molecular complexity index is 2630. The molecule has 1 saturated heterocycles. The summed E-state index contributed by atoms with van der Waals surface area (Å²) in [6.45, 7) is 8.00. The number of rotatable bonds is 6. The van der Waals surface area contributed by atoms with Crippen LogP contribution in [0, 0.1) is 10.8 Å². The summed E-state index contributed by atoms with van der Waals surface area (Å²) in [7, 11) is 9.88. The molecule has 20 heteroatoms. The number of hydrogen-bond donors (Lipinski definition) is 2. The zero-order valence-electron chi connectivity index (χ0n) is 42.0. The van der Waals surface area contributed by atoms with E-state index in [0.29, 0.717) is 41.5 Å². The first kappa shape index (κ1) is 50.0. The van der Waals surface area contributed by atoms with Crippen LogP contribution in [0.4, 0.5) is 0 Å². The molecule has 11 rings (SSSR count). The van der Waals surface area contributed by atoms with Crippen LogP contribution in [-0.2, 0) is 52.7 Å². The topological polar surface area (TPSA) is 209 Å². The van der Waals surface area contributed by atoms with Crippen molar-refractivity contribution < 1.29 is 37.9 Å². The second kappa shape index (κ2) is 18.9. The molecular formula is C50H66BBrN10O8. The molecule has 70 heavy (non-hydrogen) atoms. The number of hydroxylamine groups is 4. The third kappa shape index (κ3) is 8.59. The number of nitrogens with zero attached hydrogens (tertiary/aromatic N) is 8. The lowest BCUT2D eigenvalue weighted by atomic mass is 9.66. The highest BCUT2D eigenvalue weighted by Gasteiger charge is 2.65. The normalized spacial score (nSPS) is 29.9. The summed E-state index contributed by atoms with van der Waals surface area (Å²) in [5, 5.41) is 3.21. The number of methoxy groups -OCH3 is 4. The van der Waals surface area contributed by atoms with Crippen LogP contribution in [0.1, 0.15) is 101 Å². The van der Waals surface area contributed by atoms with Gasteiger partial charge in [-0.1, -0.05) is 34.1 Å². The van der Waals surface area contributed by atoms with Crippen molar-refractivity contribution in [1.82, 2.24) is 30.1 Å². The van der Waals surface area contributed by atoms with E-state index in [2.05, 4.69) is 72.3 Å². The van der Waals surface area contributed by atoms with Crippen molar-refractivity contribution in [2.24, 2.45) is 32.3 Å². The van der Waals surface area contributed by atoms with Crippen molar-refractivity contribution in [2.45, 2.75) is 127 Å². The van der Waals surface area contributed by atoms with Gasteiger partial charge in [-0.25, -0.2) is 39.8 Å². The minimum Gasteiger partial charge on any atom is -0.480 e. The summed E-state index contributed by atoms with van der Waals surface area (Å²) in [6, 6.07) is 12.8. The average molecular weight is 1030 g/mol. The van der Waals surface area contributed by atoms with Crippen LogP contribution in [0.25, 0.3) is 11.3 Å². The van der Waals surface area contributed by atoms with Crippen LogP contribution in [0.3, 0.4) is 0 Å². The average Bonchev–Trinajstić information content (AvgIpc) is 4.07. The Morgan fingerprint density at radius 2 is 1.11 bits per heavy atom. The molecule has 4 spiro atoms. The van der Waals surface area contributed by atoms with E-state index in [1.807, 2.05) is 41.8 Å². The van der Waals surface area contributed by atoms with Crippen molar-refractivity contribution >= 4 is 40.6 Å². The highest BCUT2D eigenvalue weighted by molar-refractivity contribution is 9.10. The first-order valence-corrected chi connectivity index (χ1v) is 24.8. The summed E-state index contributed by atoms with van der Waals surface area (Å²) < 4.78 is 34.3. The number of aliphatic imine (C=N–C) groups is 2. The molecule has 3 fully saturated rings. The monoisotopic (exact) mass is 1020 g/mol. The van der Waals surface area contributed by atoms with Gasteiger partial charge in [-0.15, -0.1) is 0 Å². The maximum Gasteiger partial charge on any atom is 0.516 e. The Morgan fingerprint density at radius 1 is 0.643 bits per heavy atom. The van der Waals surface area contributed by atoms with Crippen molar-refractivity contribution in [3.63, 3.8) is 0 Å². The van der Waals surface area contributed by atoms with Crippen LogP contribution in [0.5, 0.6) is 11.8 Å². The molecule has 3 aliphatic heterocycles. The van der Waals surface area contributed by atoms with Gasteiger partial charge in [-0.2, -0.15) is 0 Å². The van der Waals surface area contributed by atoms with Crippen molar-refractivity contribution in [3.8, 4) is 23.0 Å². The largest absolute Gasteiger partial charge is 0.516 e. The maximum absolute atomic E-state index is 6.45. The van der Waals surface area contributed by atoms with Crippen LogP contribution in [-0.4, -0.2) is 115 Å². The van der Waals surface area contributed by atoms with E-state index in [-0.39, 0.29) is 22.0 Å². The predicted octanol–water partition coefficient (Wildman–Crippen LogP) is 6.34. The minimum atomic E-state index is -0.817. The van der Waals surface area contributed by atoms with Crippen LogP contribution in [0.2, 0.25) is 0 Å². The molecule has 0 radical (unpaired) electrons.